The molecule has 2 atom stereocenters. The average Bonchev–Trinajstić information content (AvgIpc) is 3.36. The molecule has 0 aromatic heterocycles. The molecule has 7 nitrogen and oxygen atoms in total. The standard InChI is InChI=1S/C18H22N2O5/c1-11-9-20(10-12(2)25-11)15(21)13-3-5-14(6-4-13)19-16(22)18(7-8-18)17(23)24/h3-6,11-12H,7-10H2,1-2H3,(H,19,22)(H,23,24)/t11-,12-/m0/s1. The highest BCUT2D eigenvalue weighted by Gasteiger charge is 2.57. The van der Waals surface area contributed by atoms with Gasteiger partial charge in [0.1, 0.15) is 5.41 Å². The normalized spacial score (nSPS) is 24.5. The van der Waals surface area contributed by atoms with Crippen molar-refractivity contribution in [1.82, 2.24) is 4.90 Å². The molecule has 2 fully saturated rings. The van der Waals surface area contributed by atoms with Crippen molar-refractivity contribution in [2.24, 2.45) is 5.41 Å². The Morgan fingerprint density at radius 3 is 2.16 bits per heavy atom. The van der Waals surface area contributed by atoms with E-state index in [0.717, 1.165) is 0 Å². The number of nitrogens with zero attached hydrogens (tertiary/aromatic N) is 1. The van der Waals surface area contributed by atoms with Gasteiger partial charge in [-0.15, -0.1) is 0 Å². The fraction of sp³-hybridized carbons (Fsp3) is 0.500. The van der Waals surface area contributed by atoms with E-state index in [1.807, 2.05) is 13.8 Å². The van der Waals surface area contributed by atoms with Gasteiger partial charge in [-0.05, 0) is 51.0 Å². The number of hydrogen-bond donors (Lipinski definition) is 2. The molecule has 1 aliphatic carbocycles. The molecule has 1 heterocycles. The van der Waals surface area contributed by atoms with E-state index >= 15 is 0 Å². The van der Waals surface area contributed by atoms with Crippen LogP contribution >= 0.6 is 0 Å². The first-order valence-corrected chi connectivity index (χ1v) is 8.41. The zero-order chi connectivity index (χ0) is 18.2. The number of carboxylic acid groups (broad SMARTS) is 1. The summed E-state index contributed by atoms with van der Waals surface area (Å²) < 4.78 is 5.63. The Morgan fingerprint density at radius 2 is 1.68 bits per heavy atom. The molecule has 2 N–H and O–H groups in total. The number of amides is 2. The molecule has 0 bridgehead atoms. The predicted octanol–water partition coefficient (Wildman–Crippen LogP) is 1.74. The van der Waals surface area contributed by atoms with Gasteiger partial charge in [-0.1, -0.05) is 0 Å². The molecule has 1 aliphatic heterocycles. The van der Waals surface area contributed by atoms with Gasteiger partial charge in [0, 0.05) is 24.3 Å². The van der Waals surface area contributed by atoms with E-state index < -0.39 is 17.3 Å². The summed E-state index contributed by atoms with van der Waals surface area (Å²) in [5.41, 5.74) is -0.273. The maximum atomic E-state index is 12.6. The number of morpholine rings is 1. The molecule has 7 heteroatoms. The van der Waals surface area contributed by atoms with Crippen LogP contribution in [0.25, 0.3) is 0 Å². The third-order valence-corrected chi connectivity index (χ3v) is 4.69. The van der Waals surface area contributed by atoms with Crippen LogP contribution in [-0.4, -0.2) is 53.1 Å². The smallest absolute Gasteiger partial charge is 0.319 e. The summed E-state index contributed by atoms with van der Waals surface area (Å²) in [6.45, 7) is 4.96. The number of aliphatic carboxylic acids is 1. The maximum Gasteiger partial charge on any atom is 0.319 e. The van der Waals surface area contributed by atoms with Crippen molar-refractivity contribution in [2.45, 2.75) is 38.9 Å². The Kier molecular flexibility index (Phi) is 4.51. The predicted molar refractivity (Wildman–Crippen MR) is 90.3 cm³/mol. The van der Waals surface area contributed by atoms with E-state index in [-0.39, 0.29) is 18.1 Å². The second-order valence-corrected chi connectivity index (χ2v) is 6.89. The molecule has 134 valence electrons. The Balaban J connectivity index is 1.65. The van der Waals surface area contributed by atoms with Crippen LogP contribution in [0.4, 0.5) is 5.69 Å². The number of hydrogen-bond acceptors (Lipinski definition) is 4. The zero-order valence-electron chi connectivity index (χ0n) is 14.3. The molecule has 1 aromatic carbocycles. The maximum absolute atomic E-state index is 12.6. The molecule has 1 aromatic rings. The van der Waals surface area contributed by atoms with Crippen LogP contribution < -0.4 is 5.32 Å². The first kappa shape index (κ1) is 17.4. The van der Waals surface area contributed by atoms with Crippen molar-refractivity contribution < 1.29 is 24.2 Å². The highest BCUT2D eigenvalue weighted by molar-refractivity contribution is 6.10. The molecular weight excluding hydrogens is 324 g/mol. The fourth-order valence-electron chi connectivity index (χ4n) is 3.14. The third-order valence-electron chi connectivity index (χ3n) is 4.69. The van der Waals surface area contributed by atoms with E-state index in [4.69, 9.17) is 9.84 Å². The van der Waals surface area contributed by atoms with Gasteiger partial charge in [-0.2, -0.15) is 0 Å². The van der Waals surface area contributed by atoms with Crippen molar-refractivity contribution in [3.8, 4) is 0 Å². The molecule has 2 amide bonds. The molecule has 25 heavy (non-hydrogen) atoms. The lowest BCUT2D eigenvalue weighted by Gasteiger charge is -2.35. The minimum atomic E-state index is -1.28. The summed E-state index contributed by atoms with van der Waals surface area (Å²) in [4.78, 5) is 37.6. The van der Waals surface area contributed by atoms with Crippen LogP contribution in [0.15, 0.2) is 24.3 Å². The van der Waals surface area contributed by atoms with Gasteiger partial charge in [0.2, 0.25) is 5.91 Å². The van der Waals surface area contributed by atoms with Crippen molar-refractivity contribution in [2.75, 3.05) is 18.4 Å². The van der Waals surface area contributed by atoms with Crippen molar-refractivity contribution in [3.63, 3.8) is 0 Å². The van der Waals surface area contributed by atoms with Gasteiger partial charge in [-0.25, -0.2) is 0 Å². The Labute approximate surface area is 146 Å². The summed E-state index contributed by atoms with van der Waals surface area (Å²) in [7, 11) is 0. The SMILES string of the molecule is C[C@H]1CN(C(=O)c2ccc(NC(=O)C3(C(=O)O)CC3)cc2)C[C@H](C)O1. The minimum Gasteiger partial charge on any atom is -0.480 e. The van der Waals surface area contributed by atoms with E-state index in [1.54, 1.807) is 29.2 Å². The lowest BCUT2D eigenvalue weighted by Crippen LogP contribution is -2.48. The second kappa shape index (κ2) is 6.48. The Hall–Kier alpha value is -2.41. The number of benzene rings is 1. The van der Waals surface area contributed by atoms with Gasteiger partial charge in [-0.3, -0.25) is 14.4 Å². The van der Waals surface area contributed by atoms with Gasteiger partial charge in [0.15, 0.2) is 0 Å². The topological polar surface area (TPSA) is 95.9 Å². The van der Waals surface area contributed by atoms with Crippen LogP contribution in [0.2, 0.25) is 0 Å². The molecular formula is C18H22N2O5. The van der Waals surface area contributed by atoms with E-state index in [2.05, 4.69) is 5.32 Å². The van der Waals surface area contributed by atoms with E-state index in [1.165, 1.54) is 0 Å². The van der Waals surface area contributed by atoms with Gasteiger partial charge >= 0.3 is 5.97 Å². The first-order chi connectivity index (χ1) is 11.8. The van der Waals surface area contributed by atoms with Crippen LogP contribution in [0, 0.1) is 5.41 Å². The lowest BCUT2D eigenvalue weighted by molar-refractivity contribution is -0.147. The molecule has 0 unspecified atom stereocenters. The summed E-state index contributed by atoms with van der Waals surface area (Å²) in [5.74, 6) is -1.67. The minimum absolute atomic E-state index is 0.00277. The molecule has 1 saturated heterocycles. The monoisotopic (exact) mass is 346 g/mol. The van der Waals surface area contributed by atoms with Crippen LogP contribution in [-0.2, 0) is 14.3 Å². The second-order valence-electron chi connectivity index (χ2n) is 6.89. The van der Waals surface area contributed by atoms with Crippen LogP contribution in [0.3, 0.4) is 0 Å². The third kappa shape index (κ3) is 3.51. The summed E-state index contributed by atoms with van der Waals surface area (Å²) in [6.07, 6.45) is 0.713. The number of carbonyl (C=O) groups is 3. The molecule has 2 aliphatic rings. The number of carbonyl (C=O) groups excluding carboxylic acids is 2. The summed E-state index contributed by atoms with van der Waals surface area (Å²) >= 11 is 0. The average molecular weight is 346 g/mol. The first-order valence-electron chi connectivity index (χ1n) is 8.41. The number of nitrogens with one attached hydrogen (secondary N) is 1. The van der Waals surface area contributed by atoms with Crippen molar-refractivity contribution in [1.29, 1.82) is 0 Å². The van der Waals surface area contributed by atoms with Gasteiger partial charge < -0.3 is 20.1 Å². The van der Waals surface area contributed by atoms with Crippen molar-refractivity contribution >= 4 is 23.5 Å². The molecule has 3 rings (SSSR count). The Morgan fingerprint density at radius 1 is 1.12 bits per heavy atom. The highest BCUT2D eigenvalue weighted by Crippen LogP contribution is 2.46. The summed E-state index contributed by atoms with van der Waals surface area (Å²) in [5, 5.41) is 11.8. The van der Waals surface area contributed by atoms with E-state index in [0.29, 0.717) is 37.2 Å². The quantitative estimate of drug-likeness (QED) is 0.810. The van der Waals surface area contributed by atoms with Gasteiger partial charge in [0.05, 0.1) is 12.2 Å². The number of ether oxygens (including phenoxy) is 1. The van der Waals surface area contributed by atoms with Crippen LogP contribution in [0.1, 0.15) is 37.0 Å². The Bertz CT molecular complexity index is 686. The zero-order valence-corrected chi connectivity index (χ0v) is 14.3. The number of carboxylic acids is 1. The fourth-order valence-corrected chi connectivity index (χ4v) is 3.14. The van der Waals surface area contributed by atoms with E-state index in [9.17, 15) is 14.4 Å². The van der Waals surface area contributed by atoms with Crippen molar-refractivity contribution in [3.05, 3.63) is 29.8 Å². The highest BCUT2D eigenvalue weighted by atomic mass is 16.5. The molecule has 0 spiro atoms. The van der Waals surface area contributed by atoms with Crippen LogP contribution in [0.5, 0.6) is 0 Å². The lowest BCUT2D eigenvalue weighted by atomic mass is 10.1. The largest absolute Gasteiger partial charge is 0.480 e. The molecule has 1 saturated carbocycles. The number of rotatable bonds is 4. The molecule has 0 radical (unpaired) electrons. The number of anilines is 1. The summed E-state index contributed by atoms with van der Waals surface area (Å²) in [6, 6.07) is 6.53. The van der Waals surface area contributed by atoms with Gasteiger partial charge in [0.25, 0.3) is 5.91 Å².